The number of H-pyrrole nitrogens is 1. The second kappa shape index (κ2) is 6.53. The van der Waals surface area contributed by atoms with Crippen LogP contribution in [0.2, 0.25) is 0 Å². The molecule has 4 aromatic rings. The minimum atomic E-state index is -0.134. The van der Waals surface area contributed by atoms with Gasteiger partial charge in [-0.25, -0.2) is 15.0 Å². The quantitative estimate of drug-likeness (QED) is 0.587. The van der Waals surface area contributed by atoms with E-state index in [-0.39, 0.29) is 5.56 Å². The maximum Gasteiger partial charge on any atom is 0.258 e. The van der Waals surface area contributed by atoms with Gasteiger partial charge in [-0.1, -0.05) is 24.3 Å². The molecule has 0 radical (unpaired) electrons. The first-order valence-corrected chi connectivity index (χ1v) is 8.28. The molecule has 2 aromatic carbocycles. The van der Waals surface area contributed by atoms with Gasteiger partial charge in [-0.2, -0.15) is 0 Å². The third-order valence-electron chi connectivity index (χ3n) is 4.17. The van der Waals surface area contributed by atoms with Crippen molar-refractivity contribution in [3.05, 3.63) is 70.5 Å². The van der Waals surface area contributed by atoms with Gasteiger partial charge in [0.1, 0.15) is 17.5 Å². The van der Waals surface area contributed by atoms with E-state index in [2.05, 4.69) is 19.9 Å². The zero-order valence-corrected chi connectivity index (χ0v) is 14.3. The summed E-state index contributed by atoms with van der Waals surface area (Å²) < 4.78 is 0. The average Bonchev–Trinajstić information content (AvgIpc) is 2.61. The second-order valence-corrected chi connectivity index (χ2v) is 6.24. The molecule has 0 atom stereocenters. The number of nitrogens with zero attached hydrogens (tertiary/aromatic N) is 4. The van der Waals surface area contributed by atoms with Crippen LogP contribution in [0.3, 0.4) is 0 Å². The second-order valence-electron chi connectivity index (χ2n) is 6.24. The van der Waals surface area contributed by atoms with Gasteiger partial charge < -0.3 is 10.7 Å². The number of rotatable bonds is 4. The van der Waals surface area contributed by atoms with E-state index >= 15 is 0 Å². The Morgan fingerprint density at radius 3 is 2.35 bits per heavy atom. The molecule has 130 valence electrons. The van der Waals surface area contributed by atoms with Crippen LogP contribution in [0.15, 0.2) is 53.3 Å². The van der Waals surface area contributed by atoms with Crippen molar-refractivity contribution >= 4 is 27.6 Å². The van der Waals surface area contributed by atoms with E-state index in [0.29, 0.717) is 41.5 Å². The molecule has 26 heavy (non-hydrogen) atoms. The molecule has 0 saturated heterocycles. The Balaban J connectivity index is 1.57. The zero-order chi connectivity index (χ0) is 18.1. The minimum Gasteiger partial charge on any atom is -0.383 e. The Kier molecular flexibility index (Phi) is 4.06. The number of nitrogens with one attached hydrogen (secondary N) is 1. The number of benzene rings is 2. The largest absolute Gasteiger partial charge is 0.383 e. The summed E-state index contributed by atoms with van der Waals surface area (Å²) in [5.74, 6) is 1.70. The molecule has 7 heteroatoms. The van der Waals surface area contributed by atoms with Crippen molar-refractivity contribution in [2.75, 3.05) is 12.8 Å². The summed E-state index contributed by atoms with van der Waals surface area (Å²) in [5.41, 5.74) is 7.41. The average molecular weight is 346 g/mol. The Hall–Kier alpha value is -3.32. The minimum absolute atomic E-state index is 0.134. The van der Waals surface area contributed by atoms with Crippen molar-refractivity contribution in [2.45, 2.75) is 13.1 Å². The lowest BCUT2D eigenvalue weighted by atomic mass is 10.2. The van der Waals surface area contributed by atoms with Crippen molar-refractivity contribution in [1.29, 1.82) is 0 Å². The number of nitrogens with two attached hydrogens (primary N) is 1. The van der Waals surface area contributed by atoms with Crippen LogP contribution in [0, 0.1) is 0 Å². The first-order chi connectivity index (χ1) is 12.6. The number of hydrogen-bond acceptors (Lipinski definition) is 6. The highest BCUT2D eigenvalue weighted by atomic mass is 16.1. The maximum absolute atomic E-state index is 12.2. The maximum atomic E-state index is 12.2. The summed E-state index contributed by atoms with van der Waals surface area (Å²) in [6.45, 7) is 0.960. The molecule has 3 N–H and O–H groups in total. The number of aromatic amines is 1. The molecule has 0 aliphatic heterocycles. The lowest BCUT2D eigenvalue weighted by molar-refractivity contribution is 0.303. The molecule has 4 rings (SSSR count). The van der Waals surface area contributed by atoms with Gasteiger partial charge in [-0.05, 0) is 31.3 Å². The highest BCUT2D eigenvalue weighted by Gasteiger charge is 2.10. The Bertz CT molecular complexity index is 1150. The summed E-state index contributed by atoms with van der Waals surface area (Å²) in [4.78, 5) is 30.5. The molecule has 2 aromatic heterocycles. The van der Waals surface area contributed by atoms with Crippen LogP contribution in [-0.2, 0) is 13.1 Å². The number of para-hydroxylation sites is 2. The fourth-order valence-electron chi connectivity index (χ4n) is 2.98. The summed E-state index contributed by atoms with van der Waals surface area (Å²) in [7, 11) is 1.92. The summed E-state index contributed by atoms with van der Waals surface area (Å²) in [6.07, 6.45) is 0. The van der Waals surface area contributed by atoms with E-state index in [1.165, 1.54) is 0 Å². The fraction of sp³-hybridized carbons (Fsp3) is 0.158. The van der Waals surface area contributed by atoms with Crippen molar-refractivity contribution < 1.29 is 0 Å². The van der Waals surface area contributed by atoms with Gasteiger partial charge in [-0.3, -0.25) is 9.69 Å². The van der Waals surface area contributed by atoms with Crippen LogP contribution in [0.5, 0.6) is 0 Å². The molecule has 0 saturated carbocycles. The van der Waals surface area contributed by atoms with Crippen molar-refractivity contribution in [2.24, 2.45) is 0 Å². The Morgan fingerprint density at radius 2 is 1.58 bits per heavy atom. The lowest BCUT2D eigenvalue weighted by Crippen LogP contribution is -2.23. The number of fused-ring (bicyclic) bond motifs is 2. The highest BCUT2D eigenvalue weighted by molar-refractivity contribution is 5.87. The van der Waals surface area contributed by atoms with Crippen LogP contribution in [-0.4, -0.2) is 31.9 Å². The van der Waals surface area contributed by atoms with Gasteiger partial charge in [0.15, 0.2) is 0 Å². The molecule has 0 fully saturated rings. The number of aromatic nitrogens is 4. The predicted octanol–water partition coefficient (Wildman–Crippen LogP) is 2.08. The van der Waals surface area contributed by atoms with Gasteiger partial charge in [-0.15, -0.1) is 0 Å². The molecular formula is C19H18N6O. The standard InChI is InChI=1S/C19H18N6O/c1-25(10-16-21-14-8-4-2-6-12(14)18(20)23-16)11-17-22-15-9-5-3-7-13(15)19(26)24-17/h2-9H,10-11H2,1H3,(H2,20,21,23)(H,22,24,26). The van der Waals surface area contributed by atoms with E-state index in [0.717, 1.165) is 10.9 Å². The van der Waals surface area contributed by atoms with Crippen molar-refractivity contribution in [3.8, 4) is 0 Å². The van der Waals surface area contributed by atoms with Crippen molar-refractivity contribution in [1.82, 2.24) is 24.8 Å². The van der Waals surface area contributed by atoms with Gasteiger partial charge >= 0.3 is 0 Å². The number of nitrogen functional groups attached to an aromatic ring is 1. The first kappa shape index (κ1) is 16.2. The summed E-state index contributed by atoms with van der Waals surface area (Å²) in [6, 6.07) is 14.9. The van der Waals surface area contributed by atoms with E-state index in [1.807, 2.05) is 54.4 Å². The lowest BCUT2D eigenvalue weighted by Gasteiger charge is -2.16. The van der Waals surface area contributed by atoms with Gasteiger partial charge in [0.2, 0.25) is 0 Å². The molecular weight excluding hydrogens is 328 g/mol. The van der Waals surface area contributed by atoms with Gasteiger partial charge in [0, 0.05) is 5.39 Å². The fourth-order valence-corrected chi connectivity index (χ4v) is 2.98. The van der Waals surface area contributed by atoms with Crippen LogP contribution in [0.1, 0.15) is 11.6 Å². The van der Waals surface area contributed by atoms with E-state index < -0.39 is 0 Å². The van der Waals surface area contributed by atoms with E-state index in [1.54, 1.807) is 6.07 Å². The topological polar surface area (TPSA) is 101 Å². The van der Waals surface area contributed by atoms with Gasteiger partial charge in [0.05, 0.1) is 29.5 Å². The first-order valence-electron chi connectivity index (χ1n) is 8.28. The Labute approximate surface area is 149 Å². The normalized spacial score (nSPS) is 11.5. The third kappa shape index (κ3) is 3.12. The third-order valence-corrected chi connectivity index (χ3v) is 4.17. The van der Waals surface area contributed by atoms with Crippen LogP contribution >= 0.6 is 0 Å². The molecule has 7 nitrogen and oxygen atoms in total. The molecule has 0 amide bonds. The van der Waals surface area contributed by atoms with Crippen molar-refractivity contribution in [3.63, 3.8) is 0 Å². The zero-order valence-electron chi connectivity index (χ0n) is 14.3. The molecule has 0 unspecified atom stereocenters. The predicted molar refractivity (Wildman–Crippen MR) is 101 cm³/mol. The highest BCUT2D eigenvalue weighted by Crippen LogP contribution is 2.17. The Morgan fingerprint density at radius 1 is 0.923 bits per heavy atom. The van der Waals surface area contributed by atoms with E-state index in [4.69, 9.17) is 5.73 Å². The summed E-state index contributed by atoms with van der Waals surface area (Å²) in [5, 5.41) is 1.43. The molecule has 0 spiro atoms. The molecule has 0 aliphatic rings. The van der Waals surface area contributed by atoms with E-state index in [9.17, 15) is 4.79 Å². The molecule has 0 aliphatic carbocycles. The summed E-state index contributed by atoms with van der Waals surface area (Å²) >= 11 is 0. The van der Waals surface area contributed by atoms with Crippen LogP contribution in [0.4, 0.5) is 5.82 Å². The van der Waals surface area contributed by atoms with Crippen LogP contribution in [0.25, 0.3) is 21.8 Å². The molecule has 2 heterocycles. The number of anilines is 1. The van der Waals surface area contributed by atoms with Crippen LogP contribution < -0.4 is 11.3 Å². The van der Waals surface area contributed by atoms with Gasteiger partial charge in [0.25, 0.3) is 5.56 Å². The molecule has 0 bridgehead atoms. The monoisotopic (exact) mass is 346 g/mol. The number of hydrogen-bond donors (Lipinski definition) is 2. The smallest absolute Gasteiger partial charge is 0.258 e. The SMILES string of the molecule is CN(Cc1nc(N)c2ccccc2n1)Cc1nc2ccccc2c(=O)[nH]1.